The van der Waals surface area contributed by atoms with E-state index in [0.29, 0.717) is 13.2 Å². The van der Waals surface area contributed by atoms with Gasteiger partial charge >= 0.3 is 0 Å². The van der Waals surface area contributed by atoms with Crippen molar-refractivity contribution < 1.29 is 9.47 Å². The predicted molar refractivity (Wildman–Crippen MR) is 115 cm³/mol. The zero-order chi connectivity index (χ0) is 19.3. The normalized spacial score (nSPS) is 11.4. The number of halogens is 2. The second-order valence-corrected chi connectivity index (χ2v) is 8.44. The summed E-state index contributed by atoms with van der Waals surface area (Å²) in [5, 5.41) is 0.748. The number of rotatable bonds is 7. The number of benzene rings is 3. The number of hydrogen-bond donors (Lipinski definition) is 0. The molecule has 4 heteroatoms. The maximum absolute atomic E-state index is 6.00. The van der Waals surface area contributed by atoms with Gasteiger partial charge < -0.3 is 9.47 Å². The van der Waals surface area contributed by atoms with Gasteiger partial charge in [0.2, 0.25) is 0 Å². The van der Waals surface area contributed by atoms with Gasteiger partial charge in [0.05, 0.1) is 13.2 Å². The summed E-state index contributed by atoms with van der Waals surface area (Å²) in [4.78, 5) is 0. The lowest BCUT2D eigenvalue weighted by atomic mass is 9.86. The van der Waals surface area contributed by atoms with Gasteiger partial charge in [0.15, 0.2) is 0 Å². The monoisotopic (exact) mass is 444 g/mol. The molecule has 0 spiro atoms. The third kappa shape index (κ3) is 5.83. The molecule has 0 aliphatic rings. The van der Waals surface area contributed by atoms with Gasteiger partial charge in [-0.3, -0.25) is 0 Å². The van der Waals surface area contributed by atoms with E-state index in [4.69, 9.17) is 21.1 Å². The lowest BCUT2D eigenvalue weighted by Gasteiger charge is -2.25. The molecule has 0 bridgehead atoms. The minimum atomic E-state index is -0.0872. The topological polar surface area (TPSA) is 18.5 Å². The van der Waals surface area contributed by atoms with E-state index >= 15 is 0 Å². The van der Waals surface area contributed by atoms with Gasteiger partial charge in [-0.2, -0.15) is 0 Å². The number of ether oxygens (including phenoxy) is 2. The van der Waals surface area contributed by atoms with Gasteiger partial charge in [0, 0.05) is 14.9 Å². The Morgan fingerprint density at radius 2 is 1.59 bits per heavy atom. The first kappa shape index (κ1) is 19.9. The fourth-order valence-corrected chi connectivity index (χ4v) is 3.14. The lowest BCUT2D eigenvalue weighted by molar-refractivity contribution is 0.0824. The zero-order valence-corrected chi connectivity index (χ0v) is 17.8. The fraction of sp³-hybridized carbons (Fsp3) is 0.217. The highest BCUT2D eigenvalue weighted by Crippen LogP contribution is 2.27. The fourth-order valence-electron chi connectivity index (χ4n) is 2.75. The number of hydrogen-bond acceptors (Lipinski definition) is 2. The van der Waals surface area contributed by atoms with Crippen LogP contribution in [0.15, 0.2) is 77.3 Å². The van der Waals surface area contributed by atoms with Crippen molar-refractivity contribution in [2.45, 2.75) is 25.9 Å². The molecule has 140 valence electrons. The van der Waals surface area contributed by atoms with Crippen molar-refractivity contribution in [3.8, 4) is 11.5 Å². The van der Waals surface area contributed by atoms with Crippen LogP contribution in [0.1, 0.15) is 25.0 Å². The molecular weight excluding hydrogens is 424 g/mol. The van der Waals surface area contributed by atoms with Crippen LogP contribution in [0.25, 0.3) is 0 Å². The van der Waals surface area contributed by atoms with Crippen LogP contribution in [-0.4, -0.2) is 6.61 Å². The lowest BCUT2D eigenvalue weighted by Crippen LogP contribution is -2.24. The van der Waals surface area contributed by atoms with E-state index in [1.807, 2.05) is 60.7 Å². The Morgan fingerprint density at radius 1 is 0.889 bits per heavy atom. The van der Waals surface area contributed by atoms with Crippen LogP contribution in [0.5, 0.6) is 11.5 Å². The Morgan fingerprint density at radius 3 is 2.30 bits per heavy atom. The highest BCUT2D eigenvalue weighted by molar-refractivity contribution is 9.10. The summed E-state index contributed by atoms with van der Waals surface area (Å²) >= 11 is 9.41. The molecule has 0 fully saturated rings. The molecule has 0 N–H and O–H groups in total. The van der Waals surface area contributed by atoms with Crippen molar-refractivity contribution in [1.82, 2.24) is 0 Å². The van der Waals surface area contributed by atoms with Gasteiger partial charge in [0.25, 0.3) is 0 Å². The molecular formula is C23H22BrClO2. The van der Waals surface area contributed by atoms with E-state index in [9.17, 15) is 0 Å². The van der Waals surface area contributed by atoms with E-state index in [0.717, 1.165) is 26.6 Å². The second kappa shape index (κ2) is 8.92. The zero-order valence-electron chi connectivity index (χ0n) is 15.4. The molecule has 0 atom stereocenters. The summed E-state index contributed by atoms with van der Waals surface area (Å²) in [6.45, 7) is 5.49. The Labute approximate surface area is 174 Å². The summed E-state index contributed by atoms with van der Waals surface area (Å²) in [7, 11) is 0. The largest absolute Gasteiger partial charge is 0.457 e. The van der Waals surface area contributed by atoms with Gasteiger partial charge in [-0.15, -0.1) is 0 Å². The van der Waals surface area contributed by atoms with Crippen LogP contribution in [0.4, 0.5) is 0 Å². The average molecular weight is 446 g/mol. The van der Waals surface area contributed by atoms with Gasteiger partial charge in [-0.1, -0.05) is 65.6 Å². The van der Waals surface area contributed by atoms with E-state index in [1.165, 1.54) is 5.56 Å². The highest BCUT2D eigenvalue weighted by atomic mass is 79.9. The molecule has 0 unspecified atom stereocenters. The SMILES string of the molecule is CC(C)(COCc1cccc(Oc2ccc(Br)cc2)c1)c1ccc(Cl)cc1. The van der Waals surface area contributed by atoms with Crippen molar-refractivity contribution in [3.63, 3.8) is 0 Å². The first-order valence-electron chi connectivity index (χ1n) is 8.78. The molecule has 0 aliphatic heterocycles. The molecule has 2 nitrogen and oxygen atoms in total. The molecule has 3 rings (SSSR count). The molecule has 3 aromatic rings. The van der Waals surface area contributed by atoms with Crippen LogP contribution in [-0.2, 0) is 16.8 Å². The maximum atomic E-state index is 6.00. The summed E-state index contributed by atoms with van der Waals surface area (Å²) < 4.78 is 12.9. The van der Waals surface area contributed by atoms with E-state index in [-0.39, 0.29) is 5.41 Å². The average Bonchev–Trinajstić information content (AvgIpc) is 2.64. The Hall–Kier alpha value is -1.81. The molecule has 0 radical (unpaired) electrons. The maximum Gasteiger partial charge on any atom is 0.127 e. The van der Waals surface area contributed by atoms with Crippen molar-refractivity contribution in [2.24, 2.45) is 0 Å². The molecule has 0 heterocycles. The van der Waals surface area contributed by atoms with E-state index in [2.05, 4.69) is 41.9 Å². The molecule has 0 amide bonds. The van der Waals surface area contributed by atoms with Crippen LogP contribution in [0, 0.1) is 0 Å². The Balaban J connectivity index is 1.58. The minimum absolute atomic E-state index is 0.0872. The molecule has 27 heavy (non-hydrogen) atoms. The smallest absolute Gasteiger partial charge is 0.127 e. The third-order valence-electron chi connectivity index (χ3n) is 4.31. The summed E-state index contributed by atoms with van der Waals surface area (Å²) in [6.07, 6.45) is 0. The second-order valence-electron chi connectivity index (χ2n) is 7.09. The van der Waals surface area contributed by atoms with E-state index in [1.54, 1.807) is 0 Å². The highest BCUT2D eigenvalue weighted by Gasteiger charge is 2.20. The Bertz CT molecular complexity index is 874. The standard InChI is InChI=1S/C23H22BrClO2/c1-23(2,18-6-10-20(25)11-7-18)16-26-15-17-4-3-5-22(14-17)27-21-12-8-19(24)9-13-21/h3-14H,15-16H2,1-2H3. The molecule has 0 aliphatic carbocycles. The quantitative estimate of drug-likeness (QED) is 0.377. The summed E-state index contributed by atoms with van der Waals surface area (Å²) in [6, 6.07) is 23.7. The summed E-state index contributed by atoms with van der Waals surface area (Å²) in [5.74, 6) is 1.61. The molecule has 0 saturated carbocycles. The van der Waals surface area contributed by atoms with Crippen molar-refractivity contribution >= 4 is 27.5 Å². The van der Waals surface area contributed by atoms with E-state index < -0.39 is 0 Å². The van der Waals surface area contributed by atoms with Crippen molar-refractivity contribution in [3.05, 3.63) is 93.4 Å². The van der Waals surface area contributed by atoms with Crippen LogP contribution in [0.2, 0.25) is 5.02 Å². The molecule has 0 saturated heterocycles. The third-order valence-corrected chi connectivity index (χ3v) is 5.09. The first-order valence-corrected chi connectivity index (χ1v) is 9.96. The summed E-state index contributed by atoms with van der Waals surface area (Å²) in [5.41, 5.74) is 2.20. The van der Waals surface area contributed by atoms with Gasteiger partial charge in [-0.05, 0) is 59.7 Å². The Kier molecular flexibility index (Phi) is 6.59. The van der Waals surface area contributed by atoms with Crippen LogP contribution < -0.4 is 4.74 Å². The minimum Gasteiger partial charge on any atom is -0.457 e. The van der Waals surface area contributed by atoms with Crippen molar-refractivity contribution in [2.75, 3.05) is 6.61 Å². The first-order chi connectivity index (χ1) is 12.9. The van der Waals surface area contributed by atoms with Gasteiger partial charge in [0.1, 0.15) is 11.5 Å². The molecule has 3 aromatic carbocycles. The van der Waals surface area contributed by atoms with Crippen LogP contribution >= 0.6 is 27.5 Å². The van der Waals surface area contributed by atoms with Crippen LogP contribution in [0.3, 0.4) is 0 Å². The van der Waals surface area contributed by atoms with Gasteiger partial charge in [-0.25, -0.2) is 0 Å². The van der Waals surface area contributed by atoms with Crippen molar-refractivity contribution in [1.29, 1.82) is 0 Å². The molecule has 0 aromatic heterocycles. The predicted octanol–water partition coefficient (Wildman–Crippen LogP) is 7.39.